The lowest BCUT2D eigenvalue weighted by Crippen LogP contribution is -2.30. The van der Waals surface area contributed by atoms with Gasteiger partial charge in [-0.05, 0) is 47.7 Å². The summed E-state index contributed by atoms with van der Waals surface area (Å²) in [6.45, 7) is 4.02. The molecule has 0 aliphatic rings. The summed E-state index contributed by atoms with van der Waals surface area (Å²) in [4.78, 5) is 18.1. The average Bonchev–Trinajstić information content (AvgIpc) is 2.78. The Morgan fingerprint density at radius 2 is 1.77 bits per heavy atom. The van der Waals surface area contributed by atoms with Crippen molar-refractivity contribution in [3.63, 3.8) is 0 Å². The highest BCUT2D eigenvalue weighted by atomic mass is 16.5. The highest BCUT2D eigenvalue weighted by Crippen LogP contribution is 2.31. The summed E-state index contributed by atoms with van der Waals surface area (Å²) >= 11 is 0. The molecule has 0 aliphatic heterocycles. The summed E-state index contributed by atoms with van der Waals surface area (Å²) < 4.78 is 7.07. The first-order valence-electron chi connectivity index (χ1n) is 10.0. The number of para-hydroxylation sites is 1. The molecule has 0 saturated carbocycles. The Bertz CT molecular complexity index is 1250. The number of benzene rings is 2. The van der Waals surface area contributed by atoms with E-state index in [2.05, 4.69) is 18.0 Å². The standard InChI is InChI=1S/C25H25N3O2/c1-16(17(2)26)22-14-19-8-7-11-21(18-12-13-27-23(15-18)30-3)24(19)25(29)28(22)20-9-5-4-6-10-20/h4-17H,26H2,1-3H3. The molecule has 0 aliphatic carbocycles. The first-order valence-corrected chi connectivity index (χ1v) is 10.0. The SMILES string of the molecule is COc1cc(-c2cccc3cc(C(C)C(C)N)n(-c4ccccc4)c(=O)c23)ccn1. The van der Waals surface area contributed by atoms with Crippen LogP contribution in [-0.2, 0) is 0 Å². The fourth-order valence-electron chi connectivity index (χ4n) is 3.76. The van der Waals surface area contributed by atoms with Crippen LogP contribution in [0.5, 0.6) is 5.88 Å². The Balaban J connectivity index is 2.08. The van der Waals surface area contributed by atoms with Crippen molar-refractivity contribution in [2.75, 3.05) is 7.11 Å². The van der Waals surface area contributed by atoms with Gasteiger partial charge in [-0.2, -0.15) is 0 Å². The molecule has 5 heteroatoms. The Morgan fingerprint density at radius 3 is 2.47 bits per heavy atom. The number of fused-ring (bicyclic) bond motifs is 1. The van der Waals surface area contributed by atoms with Crippen molar-refractivity contribution in [1.82, 2.24) is 9.55 Å². The third-order valence-corrected chi connectivity index (χ3v) is 5.60. The summed E-state index contributed by atoms with van der Waals surface area (Å²) in [7, 11) is 1.58. The van der Waals surface area contributed by atoms with E-state index in [1.165, 1.54) is 0 Å². The van der Waals surface area contributed by atoms with Gasteiger partial charge in [-0.25, -0.2) is 4.98 Å². The van der Waals surface area contributed by atoms with Crippen LogP contribution >= 0.6 is 0 Å². The molecule has 0 fully saturated rings. The molecule has 0 amide bonds. The lowest BCUT2D eigenvalue weighted by atomic mass is 9.94. The maximum atomic E-state index is 13.9. The fourth-order valence-corrected chi connectivity index (χ4v) is 3.76. The zero-order valence-electron chi connectivity index (χ0n) is 17.4. The molecule has 0 spiro atoms. The summed E-state index contributed by atoms with van der Waals surface area (Å²) in [6.07, 6.45) is 1.69. The quantitative estimate of drug-likeness (QED) is 0.536. The van der Waals surface area contributed by atoms with E-state index >= 15 is 0 Å². The molecule has 0 radical (unpaired) electrons. The molecule has 2 heterocycles. The minimum atomic E-state index is -0.0931. The van der Waals surface area contributed by atoms with Crippen molar-refractivity contribution in [2.24, 2.45) is 5.73 Å². The van der Waals surface area contributed by atoms with E-state index in [1.54, 1.807) is 17.9 Å². The minimum Gasteiger partial charge on any atom is -0.481 e. The van der Waals surface area contributed by atoms with E-state index in [9.17, 15) is 4.79 Å². The lowest BCUT2D eigenvalue weighted by molar-refractivity contribution is 0.398. The van der Waals surface area contributed by atoms with Crippen LogP contribution < -0.4 is 16.0 Å². The van der Waals surface area contributed by atoms with Gasteiger partial charge in [-0.15, -0.1) is 0 Å². The van der Waals surface area contributed by atoms with Gasteiger partial charge < -0.3 is 10.5 Å². The number of nitrogens with two attached hydrogens (primary N) is 1. The first kappa shape index (κ1) is 19.9. The Labute approximate surface area is 175 Å². The number of methoxy groups -OCH3 is 1. The largest absolute Gasteiger partial charge is 0.481 e. The van der Waals surface area contributed by atoms with Gasteiger partial charge in [0, 0.05) is 35.6 Å². The fraction of sp³-hybridized carbons (Fsp3) is 0.200. The number of nitrogens with zero attached hydrogens (tertiary/aromatic N) is 2. The summed E-state index contributed by atoms with van der Waals surface area (Å²) in [5.41, 5.74) is 9.63. The van der Waals surface area contributed by atoms with E-state index in [0.29, 0.717) is 11.3 Å². The molecule has 0 bridgehead atoms. The van der Waals surface area contributed by atoms with Crippen molar-refractivity contribution < 1.29 is 4.74 Å². The van der Waals surface area contributed by atoms with E-state index in [-0.39, 0.29) is 17.5 Å². The molecule has 2 aromatic heterocycles. The number of rotatable bonds is 5. The smallest absolute Gasteiger partial charge is 0.263 e. The van der Waals surface area contributed by atoms with Crippen molar-refractivity contribution in [1.29, 1.82) is 0 Å². The van der Waals surface area contributed by atoms with E-state index in [0.717, 1.165) is 27.9 Å². The van der Waals surface area contributed by atoms with Crippen molar-refractivity contribution in [3.05, 3.63) is 89.0 Å². The number of ether oxygens (including phenoxy) is 1. The zero-order chi connectivity index (χ0) is 21.3. The molecular formula is C25H25N3O2. The number of pyridine rings is 2. The maximum Gasteiger partial charge on any atom is 0.263 e. The monoisotopic (exact) mass is 399 g/mol. The molecular weight excluding hydrogens is 374 g/mol. The Hall–Kier alpha value is -3.44. The van der Waals surface area contributed by atoms with Crippen LogP contribution in [0.3, 0.4) is 0 Å². The van der Waals surface area contributed by atoms with Crippen LogP contribution in [0.4, 0.5) is 0 Å². The van der Waals surface area contributed by atoms with E-state index < -0.39 is 0 Å². The minimum absolute atomic E-state index is 0.00646. The van der Waals surface area contributed by atoms with Crippen LogP contribution in [0.25, 0.3) is 27.6 Å². The second kappa shape index (κ2) is 8.13. The molecule has 5 nitrogen and oxygen atoms in total. The van der Waals surface area contributed by atoms with Crippen LogP contribution in [0.2, 0.25) is 0 Å². The van der Waals surface area contributed by atoms with Crippen molar-refractivity contribution in [3.8, 4) is 22.7 Å². The van der Waals surface area contributed by atoms with Gasteiger partial charge in [-0.3, -0.25) is 9.36 Å². The third-order valence-electron chi connectivity index (χ3n) is 5.60. The van der Waals surface area contributed by atoms with Gasteiger partial charge in [0.1, 0.15) is 0 Å². The van der Waals surface area contributed by atoms with E-state index in [4.69, 9.17) is 10.5 Å². The lowest BCUT2D eigenvalue weighted by Gasteiger charge is -2.23. The first-order chi connectivity index (χ1) is 14.5. The molecule has 30 heavy (non-hydrogen) atoms. The van der Waals surface area contributed by atoms with Gasteiger partial charge in [0.15, 0.2) is 0 Å². The van der Waals surface area contributed by atoms with Crippen molar-refractivity contribution >= 4 is 10.8 Å². The van der Waals surface area contributed by atoms with Crippen LogP contribution in [0, 0.1) is 0 Å². The normalized spacial score (nSPS) is 13.2. The van der Waals surface area contributed by atoms with Gasteiger partial charge in [0.2, 0.25) is 5.88 Å². The molecule has 4 rings (SSSR count). The molecule has 0 saturated heterocycles. The van der Waals surface area contributed by atoms with Crippen LogP contribution in [-0.4, -0.2) is 22.7 Å². The molecule has 2 atom stereocenters. The maximum absolute atomic E-state index is 13.9. The Morgan fingerprint density at radius 1 is 1.00 bits per heavy atom. The number of hydrogen-bond donors (Lipinski definition) is 1. The summed E-state index contributed by atoms with van der Waals surface area (Å²) in [5, 5.41) is 1.55. The van der Waals surface area contributed by atoms with Gasteiger partial charge in [0.05, 0.1) is 12.5 Å². The second-order valence-corrected chi connectivity index (χ2v) is 7.55. The van der Waals surface area contributed by atoms with Gasteiger partial charge in [-0.1, -0.05) is 43.3 Å². The molecule has 2 aromatic carbocycles. The average molecular weight is 399 g/mol. The topological polar surface area (TPSA) is 70.1 Å². The summed E-state index contributed by atoms with van der Waals surface area (Å²) in [6, 6.07) is 21.3. The van der Waals surface area contributed by atoms with E-state index in [1.807, 2.05) is 67.6 Å². The van der Waals surface area contributed by atoms with Gasteiger partial charge >= 0.3 is 0 Å². The predicted molar refractivity (Wildman–Crippen MR) is 121 cm³/mol. The third kappa shape index (κ3) is 3.48. The zero-order valence-corrected chi connectivity index (χ0v) is 17.4. The summed E-state index contributed by atoms with van der Waals surface area (Å²) in [5.74, 6) is 0.516. The van der Waals surface area contributed by atoms with Crippen LogP contribution in [0.15, 0.2) is 77.7 Å². The molecule has 2 unspecified atom stereocenters. The van der Waals surface area contributed by atoms with Crippen LogP contribution in [0.1, 0.15) is 25.5 Å². The number of aromatic nitrogens is 2. The molecule has 4 aromatic rings. The predicted octanol–water partition coefficient (Wildman–Crippen LogP) is 4.51. The highest BCUT2D eigenvalue weighted by Gasteiger charge is 2.20. The molecule has 152 valence electrons. The second-order valence-electron chi connectivity index (χ2n) is 7.55. The molecule has 2 N–H and O–H groups in total. The van der Waals surface area contributed by atoms with Gasteiger partial charge in [0.25, 0.3) is 5.56 Å². The Kier molecular flexibility index (Phi) is 5.38. The highest BCUT2D eigenvalue weighted by molar-refractivity contribution is 5.96. The van der Waals surface area contributed by atoms with Crippen molar-refractivity contribution in [2.45, 2.75) is 25.8 Å². The number of hydrogen-bond acceptors (Lipinski definition) is 4.